The maximum Gasteiger partial charge on any atom is 0.223 e. The van der Waals surface area contributed by atoms with E-state index < -0.39 is 0 Å². The van der Waals surface area contributed by atoms with Gasteiger partial charge in [0.15, 0.2) is 0 Å². The Hall–Kier alpha value is -1.56. The van der Waals surface area contributed by atoms with Crippen LogP contribution in [0.25, 0.3) is 0 Å². The Balaban J connectivity index is 2.00. The average Bonchev–Trinajstić information content (AvgIpc) is 2.89. The van der Waals surface area contributed by atoms with Crippen LogP contribution in [0.4, 0.5) is 17.6 Å². The smallest absolute Gasteiger partial charge is 0.223 e. The zero-order valence-corrected chi connectivity index (χ0v) is 11.6. The molecule has 4 N–H and O–H groups in total. The Labute approximate surface area is 114 Å². The zero-order chi connectivity index (χ0) is 13.7. The van der Waals surface area contributed by atoms with Crippen molar-refractivity contribution in [1.82, 2.24) is 9.97 Å². The van der Waals surface area contributed by atoms with Crippen LogP contribution in [0.15, 0.2) is 6.07 Å². The maximum absolute atomic E-state index is 5.73. The van der Waals surface area contributed by atoms with E-state index in [1.165, 1.54) is 0 Å². The molecule has 0 amide bonds. The SMILES string of the molecule is CCCNc1cc(NC(C)C2CCCO2)nc(N)n1. The molecule has 2 heterocycles. The number of anilines is 3. The first-order valence-electron chi connectivity index (χ1n) is 6.95. The van der Waals surface area contributed by atoms with Gasteiger partial charge in [-0.25, -0.2) is 0 Å². The van der Waals surface area contributed by atoms with Gasteiger partial charge in [0, 0.05) is 19.2 Å². The summed E-state index contributed by atoms with van der Waals surface area (Å²) in [6.07, 6.45) is 3.52. The summed E-state index contributed by atoms with van der Waals surface area (Å²) in [5.41, 5.74) is 5.73. The minimum absolute atomic E-state index is 0.218. The first-order chi connectivity index (χ1) is 9.19. The number of rotatable bonds is 6. The van der Waals surface area contributed by atoms with E-state index in [2.05, 4.69) is 34.4 Å². The van der Waals surface area contributed by atoms with Crippen molar-refractivity contribution < 1.29 is 4.74 Å². The van der Waals surface area contributed by atoms with Crippen LogP contribution in [-0.4, -0.2) is 35.3 Å². The second-order valence-electron chi connectivity index (χ2n) is 4.91. The summed E-state index contributed by atoms with van der Waals surface area (Å²) >= 11 is 0. The second kappa shape index (κ2) is 6.56. The van der Waals surface area contributed by atoms with Crippen LogP contribution in [0.5, 0.6) is 0 Å². The van der Waals surface area contributed by atoms with Crippen molar-refractivity contribution >= 4 is 17.6 Å². The summed E-state index contributed by atoms with van der Waals surface area (Å²) < 4.78 is 5.66. The topological polar surface area (TPSA) is 85.1 Å². The molecule has 1 aliphatic heterocycles. The lowest BCUT2D eigenvalue weighted by Crippen LogP contribution is -2.30. The molecule has 0 bridgehead atoms. The fourth-order valence-corrected chi connectivity index (χ4v) is 2.21. The molecule has 19 heavy (non-hydrogen) atoms. The van der Waals surface area contributed by atoms with Crippen molar-refractivity contribution in [1.29, 1.82) is 0 Å². The summed E-state index contributed by atoms with van der Waals surface area (Å²) in [7, 11) is 0. The van der Waals surface area contributed by atoms with Gasteiger partial charge in [0.25, 0.3) is 0 Å². The van der Waals surface area contributed by atoms with E-state index in [1.807, 2.05) is 6.07 Å². The largest absolute Gasteiger partial charge is 0.376 e. The minimum Gasteiger partial charge on any atom is -0.376 e. The van der Waals surface area contributed by atoms with E-state index in [9.17, 15) is 0 Å². The molecule has 1 aromatic heterocycles. The van der Waals surface area contributed by atoms with Crippen molar-refractivity contribution in [2.45, 2.75) is 45.3 Å². The van der Waals surface area contributed by atoms with Gasteiger partial charge in [-0.15, -0.1) is 0 Å². The van der Waals surface area contributed by atoms with Gasteiger partial charge in [-0.1, -0.05) is 6.92 Å². The van der Waals surface area contributed by atoms with Gasteiger partial charge in [-0.3, -0.25) is 0 Å². The molecule has 106 valence electrons. The Morgan fingerprint density at radius 3 is 2.95 bits per heavy atom. The van der Waals surface area contributed by atoms with E-state index >= 15 is 0 Å². The van der Waals surface area contributed by atoms with Crippen molar-refractivity contribution in [2.24, 2.45) is 0 Å². The first kappa shape index (κ1) is 13.9. The fourth-order valence-electron chi connectivity index (χ4n) is 2.21. The highest BCUT2D eigenvalue weighted by atomic mass is 16.5. The standard InChI is InChI=1S/C13H23N5O/c1-3-6-15-11-8-12(18-13(14)17-11)16-9(2)10-5-4-7-19-10/h8-10H,3-7H2,1-2H3,(H4,14,15,16,17,18). The third-order valence-electron chi connectivity index (χ3n) is 3.20. The quantitative estimate of drug-likeness (QED) is 0.728. The molecule has 6 heteroatoms. The Morgan fingerprint density at radius 2 is 2.26 bits per heavy atom. The Morgan fingerprint density at radius 1 is 1.47 bits per heavy atom. The predicted molar refractivity (Wildman–Crippen MR) is 77.3 cm³/mol. The van der Waals surface area contributed by atoms with Crippen molar-refractivity contribution in [3.8, 4) is 0 Å². The average molecular weight is 265 g/mol. The van der Waals surface area contributed by atoms with Crippen LogP contribution >= 0.6 is 0 Å². The molecule has 2 atom stereocenters. The number of ether oxygens (including phenoxy) is 1. The van der Waals surface area contributed by atoms with Gasteiger partial charge in [-0.05, 0) is 26.2 Å². The number of hydrogen-bond acceptors (Lipinski definition) is 6. The molecule has 0 radical (unpaired) electrons. The molecule has 1 aromatic rings. The molecule has 1 fully saturated rings. The van der Waals surface area contributed by atoms with E-state index in [-0.39, 0.29) is 18.1 Å². The maximum atomic E-state index is 5.73. The lowest BCUT2D eigenvalue weighted by molar-refractivity contribution is 0.0995. The summed E-state index contributed by atoms with van der Waals surface area (Å²) in [5, 5.41) is 6.56. The van der Waals surface area contributed by atoms with Crippen molar-refractivity contribution in [3.63, 3.8) is 0 Å². The molecular formula is C13H23N5O. The Bertz CT molecular complexity index is 406. The van der Waals surface area contributed by atoms with Crippen LogP contribution < -0.4 is 16.4 Å². The third-order valence-corrected chi connectivity index (χ3v) is 3.20. The van der Waals surface area contributed by atoms with Gasteiger partial charge in [0.1, 0.15) is 11.6 Å². The van der Waals surface area contributed by atoms with Gasteiger partial charge in [-0.2, -0.15) is 9.97 Å². The summed E-state index contributed by atoms with van der Waals surface area (Å²) in [6, 6.07) is 2.10. The molecule has 2 rings (SSSR count). The first-order valence-corrected chi connectivity index (χ1v) is 6.95. The molecule has 0 aliphatic carbocycles. The predicted octanol–water partition coefficient (Wildman–Crippen LogP) is 1.86. The van der Waals surface area contributed by atoms with Crippen LogP contribution in [0, 0.1) is 0 Å². The van der Waals surface area contributed by atoms with Crippen molar-refractivity contribution in [3.05, 3.63) is 6.07 Å². The number of nitrogens with one attached hydrogen (secondary N) is 2. The third kappa shape index (κ3) is 3.96. The highest BCUT2D eigenvalue weighted by molar-refractivity contribution is 5.51. The highest BCUT2D eigenvalue weighted by Crippen LogP contribution is 2.20. The van der Waals surface area contributed by atoms with Crippen LogP contribution in [-0.2, 0) is 4.74 Å². The van der Waals surface area contributed by atoms with Crippen molar-refractivity contribution in [2.75, 3.05) is 29.5 Å². The summed E-state index contributed by atoms with van der Waals surface area (Å²) in [4.78, 5) is 8.37. The summed E-state index contributed by atoms with van der Waals surface area (Å²) in [6.45, 7) is 5.94. The second-order valence-corrected chi connectivity index (χ2v) is 4.91. The fraction of sp³-hybridized carbons (Fsp3) is 0.692. The number of hydrogen-bond donors (Lipinski definition) is 3. The molecule has 0 saturated carbocycles. The number of nitrogen functional groups attached to an aromatic ring is 1. The molecule has 2 unspecified atom stereocenters. The monoisotopic (exact) mass is 265 g/mol. The zero-order valence-electron chi connectivity index (χ0n) is 11.6. The van der Waals surface area contributed by atoms with E-state index in [0.717, 1.165) is 44.0 Å². The van der Waals surface area contributed by atoms with Gasteiger partial charge < -0.3 is 21.1 Å². The van der Waals surface area contributed by atoms with E-state index in [1.54, 1.807) is 0 Å². The molecule has 6 nitrogen and oxygen atoms in total. The van der Waals surface area contributed by atoms with Gasteiger partial charge in [0.2, 0.25) is 5.95 Å². The van der Waals surface area contributed by atoms with Crippen LogP contribution in [0.3, 0.4) is 0 Å². The summed E-state index contributed by atoms with van der Waals surface area (Å²) in [5.74, 6) is 1.79. The number of nitrogens with two attached hydrogens (primary N) is 1. The minimum atomic E-state index is 0.218. The normalized spacial score (nSPS) is 20.2. The number of aromatic nitrogens is 2. The molecule has 0 aromatic carbocycles. The van der Waals surface area contributed by atoms with Crippen LogP contribution in [0.2, 0.25) is 0 Å². The van der Waals surface area contributed by atoms with E-state index in [4.69, 9.17) is 10.5 Å². The molecule has 1 saturated heterocycles. The molecule has 0 spiro atoms. The van der Waals surface area contributed by atoms with Crippen LogP contribution in [0.1, 0.15) is 33.1 Å². The molecular weight excluding hydrogens is 242 g/mol. The van der Waals surface area contributed by atoms with Gasteiger partial charge in [0.05, 0.1) is 12.1 Å². The van der Waals surface area contributed by atoms with E-state index in [0.29, 0.717) is 0 Å². The highest BCUT2D eigenvalue weighted by Gasteiger charge is 2.22. The number of nitrogens with zero attached hydrogens (tertiary/aromatic N) is 2. The lowest BCUT2D eigenvalue weighted by Gasteiger charge is -2.20. The Kier molecular flexibility index (Phi) is 4.79. The molecule has 1 aliphatic rings. The lowest BCUT2D eigenvalue weighted by atomic mass is 10.1. The van der Waals surface area contributed by atoms with Gasteiger partial charge >= 0.3 is 0 Å².